The van der Waals surface area contributed by atoms with E-state index in [0.717, 1.165) is 35.8 Å². The second kappa shape index (κ2) is 6.04. The van der Waals surface area contributed by atoms with Crippen LogP contribution in [0.2, 0.25) is 0 Å². The molecule has 0 bridgehead atoms. The Bertz CT molecular complexity index is 458. The van der Waals surface area contributed by atoms with Gasteiger partial charge in [0.05, 0.1) is 6.10 Å². The molecule has 3 nitrogen and oxygen atoms in total. The molecule has 0 saturated heterocycles. The van der Waals surface area contributed by atoms with Gasteiger partial charge in [0.1, 0.15) is 13.2 Å². The Hall–Kier alpha value is -1.22. The number of aliphatic hydroxyl groups excluding tert-OH is 1. The van der Waals surface area contributed by atoms with E-state index in [1.54, 1.807) is 0 Å². The van der Waals surface area contributed by atoms with Crippen LogP contribution < -0.4 is 9.47 Å². The number of aliphatic hydroxyl groups is 1. The van der Waals surface area contributed by atoms with Crippen LogP contribution in [0.1, 0.15) is 50.7 Å². The Morgan fingerprint density at radius 3 is 2.80 bits per heavy atom. The SMILES string of the molecule is CCC1CCCC(C(O)c2ccc3c(c2)OCCO3)C1. The van der Waals surface area contributed by atoms with Gasteiger partial charge in [-0.2, -0.15) is 0 Å². The first-order chi connectivity index (χ1) is 9.78. The van der Waals surface area contributed by atoms with Crippen molar-refractivity contribution >= 4 is 0 Å². The highest BCUT2D eigenvalue weighted by molar-refractivity contribution is 5.44. The quantitative estimate of drug-likeness (QED) is 0.914. The van der Waals surface area contributed by atoms with E-state index in [1.807, 2.05) is 18.2 Å². The molecule has 0 amide bonds. The summed E-state index contributed by atoms with van der Waals surface area (Å²) < 4.78 is 11.1. The van der Waals surface area contributed by atoms with E-state index in [4.69, 9.17) is 9.47 Å². The summed E-state index contributed by atoms with van der Waals surface area (Å²) in [5.41, 5.74) is 0.969. The van der Waals surface area contributed by atoms with Crippen LogP contribution in [0.5, 0.6) is 11.5 Å². The molecule has 0 spiro atoms. The Labute approximate surface area is 120 Å². The van der Waals surface area contributed by atoms with Gasteiger partial charge >= 0.3 is 0 Å². The maximum Gasteiger partial charge on any atom is 0.161 e. The Kier molecular flexibility index (Phi) is 4.16. The van der Waals surface area contributed by atoms with Crippen LogP contribution in [0, 0.1) is 11.8 Å². The maximum absolute atomic E-state index is 10.7. The van der Waals surface area contributed by atoms with Gasteiger partial charge in [-0.3, -0.25) is 0 Å². The molecule has 1 N–H and O–H groups in total. The number of hydrogen-bond donors (Lipinski definition) is 1. The molecule has 1 aliphatic heterocycles. The van der Waals surface area contributed by atoms with E-state index in [1.165, 1.54) is 19.3 Å². The molecule has 3 rings (SSSR count). The van der Waals surface area contributed by atoms with Crippen molar-refractivity contribution in [2.45, 2.75) is 45.1 Å². The molecule has 2 aliphatic rings. The lowest BCUT2D eigenvalue weighted by atomic mass is 9.76. The molecular formula is C17H24O3. The molecule has 20 heavy (non-hydrogen) atoms. The third kappa shape index (κ3) is 2.78. The molecule has 3 heteroatoms. The van der Waals surface area contributed by atoms with Crippen molar-refractivity contribution < 1.29 is 14.6 Å². The van der Waals surface area contributed by atoms with E-state index in [2.05, 4.69) is 6.92 Å². The lowest BCUT2D eigenvalue weighted by molar-refractivity contribution is 0.0672. The first-order valence-corrected chi connectivity index (χ1v) is 7.85. The number of hydrogen-bond acceptors (Lipinski definition) is 3. The van der Waals surface area contributed by atoms with Crippen molar-refractivity contribution in [3.8, 4) is 11.5 Å². The van der Waals surface area contributed by atoms with Crippen LogP contribution in [0.15, 0.2) is 18.2 Å². The average Bonchev–Trinajstić information content (AvgIpc) is 2.53. The first kappa shape index (κ1) is 13.7. The van der Waals surface area contributed by atoms with E-state index in [9.17, 15) is 5.11 Å². The Balaban J connectivity index is 1.74. The van der Waals surface area contributed by atoms with Crippen molar-refractivity contribution in [1.29, 1.82) is 0 Å². The molecule has 1 heterocycles. The molecular weight excluding hydrogens is 252 g/mol. The normalized spacial score (nSPS) is 27.1. The Morgan fingerprint density at radius 2 is 2.00 bits per heavy atom. The van der Waals surface area contributed by atoms with Crippen molar-refractivity contribution in [2.75, 3.05) is 13.2 Å². The fourth-order valence-corrected chi connectivity index (χ4v) is 3.51. The van der Waals surface area contributed by atoms with Crippen LogP contribution >= 0.6 is 0 Å². The average molecular weight is 276 g/mol. The highest BCUT2D eigenvalue weighted by Crippen LogP contribution is 2.40. The zero-order valence-electron chi connectivity index (χ0n) is 12.2. The molecule has 110 valence electrons. The third-order valence-electron chi connectivity index (χ3n) is 4.75. The van der Waals surface area contributed by atoms with Gasteiger partial charge < -0.3 is 14.6 Å². The summed E-state index contributed by atoms with van der Waals surface area (Å²) >= 11 is 0. The molecule has 1 aliphatic carbocycles. The van der Waals surface area contributed by atoms with Crippen molar-refractivity contribution in [1.82, 2.24) is 0 Å². The van der Waals surface area contributed by atoms with Gasteiger partial charge in [-0.1, -0.05) is 32.3 Å². The second-order valence-corrected chi connectivity index (χ2v) is 6.05. The molecule has 0 aromatic heterocycles. The van der Waals surface area contributed by atoms with Crippen LogP contribution in [0.25, 0.3) is 0 Å². The first-order valence-electron chi connectivity index (χ1n) is 7.85. The van der Waals surface area contributed by atoms with Crippen LogP contribution in [0.4, 0.5) is 0 Å². The lowest BCUT2D eigenvalue weighted by Crippen LogP contribution is -2.22. The molecule has 1 aromatic carbocycles. The largest absolute Gasteiger partial charge is 0.486 e. The predicted octanol–water partition coefficient (Wildman–Crippen LogP) is 3.71. The fraction of sp³-hybridized carbons (Fsp3) is 0.647. The molecule has 1 aromatic rings. The third-order valence-corrected chi connectivity index (χ3v) is 4.75. The van der Waals surface area contributed by atoms with Gasteiger partial charge in [0.25, 0.3) is 0 Å². The minimum absolute atomic E-state index is 0.375. The van der Waals surface area contributed by atoms with E-state index in [0.29, 0.717) is 19.1 Å². The summed E-state index contributed by atoms with van der Waals surface area (Å²) in [6.07, 6.45) is 5.69. The zero-order chi connectivity index (χ0) is 13.9. The minimum Gasteiger partial charge on any atom is -0.486 e. The highest BCUT2D eigenvalue weighted by Gasteiger charge is 2.28. The topological polar surface area (TPSA) is 38.7 Å². The predicted molar refractivity (Wildman–Crippen MR) is 78.1 cm³/mol. The summed E-state index contributed by atoms with van der Waals surface area (Å²) in [6, 6.07) is 5.86. The van der Waals surface area contributed by atoms with Crippen LogP contribution in [0.3, 0.4) is 0 Å². The van der Waals surface area contributed by atoms with Crippen LogP contribution in [-0.2, 0) is 0 Å². The number of ether oxygens (including phenoxy) is 2. The molecule has 1 fully saturated rings. The molecule has 1 saturated carbocycles. The minimum atomic E-state index is -0.375. The summed E-state index contributed by atoms with van der Waals surface area (Å²) in [4.78, 5) is 0. The van der Waals surface area contributed by atoms with Crippen LogP contribution in [-0.4, -0.2) is 18.3 Å². The molecule has 3 atom stereocenters. The highest BCUT2D eigenvalue weighted by atomic mass is 16.6. The smallest absolute Gasteiger partial charge is 0.161 e. The summed E-state index contributed by atoms with van der Waals surface area (Å²) in [6.45, 7) is 3.45. The Morgan fingerprint density at radius 1 is 1.20 bits per heavy atom. The number of fused-ring (bicyclic) bond motifs is 1. The van der Waals surface area contributed by atoms with Gasteiger partial charge in [-0.15, -0.1) is 0 Å². The zero-order valence-corrected chi connectivity index (χ0v) is 12.2. The second-order valence-electron chi connectivity index (χ2n) is 6.05. The van der Waals surface area contributed by atoms with E-state index >= 15 is 0 Å². The van der Waals surface area contributed by atoms with Gasteiger partial charge in [0.2, 0.25) is 0 Å². The lowest BCUT2D eigenvalue weighted by Gasteiger charge is -2.32. The van der Waals surface area contributed by atoms with Gasteiger partial charge in [0, 0.05) is 0 Å². The summed E-state index contributed by atoms with van der Waals surface area (Å²) in [5.74, 6) is 2.73. The maximum atomic E-state index is 10.7. The van der Waals surface area contributed by atoms with Crippen molar-refractivity contribution in [3.63, 3.8) is 0 Å². The molecule has 3 unspecified atom stereocenters. The number of benzene rings is 1. The number of rotatable bonds is 3. The van der Waals surface area contributed by atoms with E-state index < -0.39 is 0 Å². The van der Waals surface area contributed by atoms with Gasteiger partial charge in [-0.05, 0) is 42.4 Å². The standard InChI is InChI=1S/C17H24O3/c1-2-12-4-3-5-13(10-12)17(18)14-6-7-15-16(11-14)20-9-8-19-15/h6-7,11-13,17-18H,2-5,8-10H2,1H3. The monoisotopic (exact) mass is 276 g/mol. The van der Waals surface area contributed by atoms with E-state index in [-0.39, 0.29) is 6.10 Å². The van der Waals surface area contributed by atoms with Gasteiger partial charge in [0.15, 0.2) is 11.5 Å². The van der Waals surface area contributed by atoms with Gasteiger partial charge in [-0.25, -0.2) is 0 Å². The summed E-state index contributed by atoms with van der Waals surface area (Å²) in [7, 11) is 0. The van der Waals surface area contributed by atoms with Crippen molar-refractivity contribution in [2.24, 2.45) is 11.8 Å². The fourth-order valence-electron chi connectivity index (χ4n) is 3.51. The summed E-state index contributed by atoms with van der Waals surface area (Å²) in [5, 5.41) is 10.7. The molecule has 0 radical (unpaired) electrons. The van der Waals surface area contributed by atoms with Crippen molar-refractivity contribution in [3.05, 3.63) is 23.8 Å².